The summed E-state index contributed by atoms with van der Waals surface area (Å²) in [5.41, 5.74) is 1.16. The van der Waals surface area contributed by atoms with Crippen LogP contribution >= 0.6 is 0 Å². The average molecular weight is 264 g/mol. The minimum Gasteiger partial charge on any atom is -0.494 e. The standard InChI is InChI=1S/C14H20N2O3/c1-2-19-13-5-3-12(4-6-13)16-8-7-11(10-16)15-9-14(17)18/h3-6,11,15H,2,7-10H2,1H3,(H,17,18). The van der Waals surface area contributed by atoms with E-state index in [1.807, 2.05) is 31.2 Å². The first-order valence-corrected chi connectivity index (χ1v) is 6.62. The van der Waals surface area contributed by atoms with Gasteiger partial charge in [-0.1, -0.05) is 0 Å². The highest BCUT2D eigenvalue weighted by Crippen LogP contribution is 2.23. The van der Waals surface area contributed by atoms with Gasteiger partial charge in [0.05, 0.1) is 13.2 Å². The number of ether oxygens (including phenoxy) is 1. The minimum atomic E-state index is -0.806. The van der Waals surface area contributed by atoms with Crippen molar-refractivity contribution in [1.29, 1.82) is 0 Å². The summed E-state index contributed by atoms with van der Waals surface area (Å²) in [4.78, 5) is 12.8. The molecule has 1 aliphatic heterocycles. The van der Waals surface area contributed by atoms with Crippen LogP contribution in [0, 0.1) is 0 Å². The second-order valence-corrected chi connectivity index (χ2v) is 4.63. The van der Waals surface area contributed by atoms with Gasteiger partial charge in [-0.3, -0.25) is 4.79 Å². The Kier molecular flexibility index (Phi) is 4.63. The van der Waals surface area contributed by atoms with Crippen LogP contribution in [0.1, 0.15) is 13.3 Å². The summed E-state index contributed by atoms with van der Waals surface area (Å²) in [6, 6.07) is 8.28. The van der Waals surface area contributed by atoms with Gasteiger partial charge in [0.15, 0.2) is 0 Å². The Balaban J connectivity index is 1.87. The first-order chi connectivity index (χ1) is 9.19. The topological polar surface area (TPSA) is 61.8 Å². The molecule has 0 amide bonds. The molecule has 2 N–H and O–H groups in total. The Labute approximate surface area is 113 Å². The number of carboxylic acid groups (broad SMARTS) is 1. The first kappa shape index (κ1) is 13.7. The maximum atomic E-state index is 10.5. The molecule has 104 valence electrons. The molecule has 1 aromatic carbocycles. The molecule has 1 aromatic rings. The minimum absolute atomic E-state index is 0.0295. The molecule has 0 aliphatic carbocycles. The largest absolute Gasteiger partial charge is 0.494 e. The fourth-order valence-corrected chi connectivity index (χ4v) is 2.31. The zero-order valence-corrected chi connectivity index (χ0v) is 11.1. The van der Waals surface area contributed by atoms with Crippen molar-refractivity contribution >= 4 is 11.7 Å². The molecule has 1 fully saturated rings. The quantitative estimate of drug-likeness (QED) is 0.812. The lowest BCUT2D eigenvalue weighted by atomic mass is 10.2. The fourth-order valence-electron chi connectivity index (χ4n) is 2.31. The number of anilines is 1. The molecule has 0 bridgehead atoms. The lowest BCUT2D eigenvalue weighted by Gasteiger charge is -2.19. The van der Waals surface area contributed by atoms with Crippen molar-refractivity contribution in [3.63, 3.8) is 0 Å². The van der Waals surface area contributed by atoms with E-state index in [1.165, 1.54) is 0 Å². The molecule has 1 heterocycles. The van der Waals surface area contributed by atoms with Gasteiger partial charge < -0.3 is 20.1 Å². The third-order valence-electron chi connectivity index (χ3n) is 3.24. The zero-order chi connectivity index (χ0) is 13.7. The van der Waals surface area contributed by atoms with E-state index in [2.05, 4.69) is 10.2 Å². The number of nitrogens with one attached hydrogen (secondary N) is 1. The van der Waals surface area contributed by atoms with Crippen LogP contribution in [-0.2, 0) is 4.79 Å². The molecule has 0 spiro atoms. The Bertz CT molecular complexity index is 419. The van der Waals surface area contributed by atoms with E-state index in [4.69, 9.17) is 9.84 Å². The summed E-state index contributed by atoms with van der Waals surface area (Å²) < 4.78 is 5.41. The van der Waals surface area contributed by atoms with Gasteiger partial charge in [0, 0.05) is 24.8 Å². The van der Waals surface area contributed by atoms with Crippen LogP contribution in [0.3, 0.4) is 0 Å². The zero-order valence-electron chi connectivity index (χ0n) is 11.1. The highest BCUT2D eigenvalue weighted by molar-refractivity contribution is 5.69. The van der Waals surface area contributed by atoms with E-state index in [-0.39, 0.29) is 12.6 Å². The molecule has 1 saturated heterocycles. The number of rotatable bonds is 6. The van der Waals surface area contributed by atoms with Gasteiger partial charge in [-0.25, -0.2) is 0 Å². The van der Waals surface area contributed by atoms with Gasteiger partial charge in [0.2, 0.25) is 0 Å². The molecule has 5 heteroatoms. The maximum Gasteiger partial charge on any atom is 0.317 e. The summed E-state index contributed by atoms with van der Waals surface area (Å²) >= 11 is 0. The SMILES string of the molecule is CCOc1ccc(N2CCC(NCC(=O)O)C2)cc1. The summed E-state index contributed by atoms with van der Waals surface area (Å²) in [5.74, 6) is 0.0746. The smallest absolute Gasteiger partial charge is 0.317 e. The van der Waals surface area contributed by atoms with Crippen LogP contribution in [0.2, 0.25) is 0 Å². The molecule has 1 atom stereocenters. The van der Waals surface area contributed by atoms with Gasteiger partial charge in [-0.15, -0.1) is 0 Å². The van der Waals surface area contributed by atoms with Crippen LogP contribution < -0.4 is 15.0 Å². The van der Waals surface area contributed by atoms with Crippen molar-refractivity contribution in [2.24, 2.45) is 0 Å². The summed E-state index contributed by atoms with van der Waals surface area (Å²) in [5, 5.41) is 11.7. The number of hydrogen-bond donors (Lipinski definition) is 2. The van der Waals surface area contributed by atoms with Crippen molar-refractivity contribution in [2.45, 2.75) is 19.4 Å². The van der Waals surface area contributed by atoms with Gasteiger partial charge >= 0.3 is 5.97 Å². The number of carboxylic acids is 1. The van der Waals surface area contributed by atoms with E-state index in [9.17, 15) is 4.79 Å². The number of carbonyl (C=O) groups is 1. The molecule has 0 aromatic heterocycles. The maximum absolute atomic E-state index is 10.5. The summed E-state index contributed by atoms with van der Waals surface area (Å²) in [6.45, 7) is 4.46. The predicted molar refractivity (Wildman–Crippen MR) is 73.9 cm³/mol. The summed E-state index contributed by atoms with van der Waals surface area (Å²) in [6.07, 6.45) is 0.973. The molecular formula is C14H20N2O3. The van der Waals surface area contributed by atoms with Crippen molar-refractivity contribution in [3.8, 4) is 5.75 Å². The molecule has 19 heavy (non-hydrogen) atoms. The highest BCUT2D eigenvalue weighted by Gasteiger charge is 2.22. The number of hydrogen-bond acceptors (Lipinski definition) is 4. The monoisotopic (exact) mass is 264 g/mol. The molecular weight excluding hydrogens is 244 g/mol. The fraction of sp³-hybridized carbons (Fsp3) is 0.500. The van der Waals surface area contributed by atoms with Crippen LogP contribution in [0.5, 0.6) is 5.75 Å². The second kappa shape index (κ2) is 6.43. The van der Waals surface area contributed by atoms with E-state index < -0.39 is 5.97 Å². The Hall–Kier alpha value is -1.75. The number of aliphatic carboxylic acids is 1. The number of benzene rings is 1. The molecule has 0 radical (unpaired) electrons. The third kappa shape index (κ3) is 3.86. The highest BCUT2D eigenvalue weighted by atomic mass is 16.5. The van der Waals surface area contributed by atoms with Crippen molar-refractivity contribution < 1.29 is 14.6 Å². The van der Waals surface area contributed by atoms with Crippen LogP contribution in [0.25, 0.3) is 0 Å². The lowest BCUT2D eigenvalue weighted by Crippen LogP contribution is -2.35. The third-order valence-corrected chi connectivity index (χ3v) is 3.24. The van der Waals surface area contributed by atoms with Crippen LogP contribution in [0.15, 0.2) is 24.3 Å². The second-order valence-electron chi connectivity index (χ2n) is 4.63. The Morgan fingerprint density at radius 1 is 1.47 bits per heavy atom. The van der Waals surface area contributed by atoms with Crippen molar-refractivity contribution in [2.75, 3.05) is 31.1 Å². The normalized spacial score (nSPS) is 18.6. The van der Waals surface area contributed by atoms with Crippen molar-refractivity contribution in [3.05, 3.63) is 24.3 Å². The van der Waals surface area contributed by atoms with Gasteiger partial charge in [0.1, 0.15) is 5.75 Å². The van der Waals surface area contributed by atoms with E-state index in [0.29, 0.717) is 6.61 Å². The summed E-state index contributed by atoms with van der Waals surface area (Å²) in [7, 11) is 0. The van der Waals surface area contributed by atoms with E-state index in [1.54, 1.807) is 0 Å². The van der Waals surface area contributed by atoms with Crippen molar-refractivity contribution in [1.82, 2.24) is 5.32 Å². The van der Waals surface area contributed by atoms with Gasteiger partial charge in [-0.2, -0.15) is 0 Å². The molecule has 0 saturated carbocycles. The van der Waals surface area contributed by atoms with Crippen LogP contribution in [-0.4, -0.2) is 43.4 Å². The van der Waals surface area contributed by atoms with Gasteiger partial charge in [0.25, 0.3) is 0 Å². The average Bonchev–Trinajstić information content (AvgIpc) is 2.86. The lowest BCUT2D eigenvalue weighted by molar-refractivity contribution is -0.136. The predicted octanol–water partition coefficient (Wildman–Crippen LogP) is 1.34. The molecule has 1 aliphatic rings. The van der Waals surface area contributed by atoms with E-state index >= 15 is 0 Å². The number of nitrogens with zero attached hydrogens (tertiary/aromatic N) is 1. The van der Waals surface area contributed by atoms with E-state index in [0.717, 1.165) is 30.9 Å². The first-order valence-electron chi connectivity index (χ1n) is 6.62. The Morgan fingerprint density at radius 3 is 2.84 bits per heavy atom. The van der Waals surface area contributed by atoms with Crippen LogP contribution in [0.4, 0.5) is 5.69 Å². The Morgan fingerprint density at radius 2 is 2.21 bits per heavy atom. The molecule has 2 rings (SSSR count). The molecule has 1 unspecified atom stereocenters. The van der Waals surface area contributed by atoms with Gasteiger partial charge in [-0.05, 0) is 37.6 Å². The molecule has 5 nitrogen and oxygen atoms in total.